The van der Waals surface area contributed by atoms with Gasteiger partial charge in [-0.25, -0.2) is 4.39 Å². The monoisotopic (exact) mass is 450 g/mol. The molecule has 0 saturated carbocycles. The second-order valence-corrected chi connectivity index (χ2v) is 8.71. The van der Waals surface area contributed by atoms with Gasteiger partial charge in [-0.1, -0.05) is 6.92 Å². The number of ether oxygens (including phenoxy) is 2. The van der Waals surface area contributed by atoms with Crippen molar-refractivity contribution in [1.82, 2.24) is 9.80 Å². The van der Waals surface area contributed by atoms with Gasteiger partial charge in [0.1, 0.15) is 18.2 Å². The minimum absolute atomic E-state index is 0.00367. The molecular weight excluding hydrogens is 419 g/mol. The summed E-state index contributed by atoms with van der Waals surface area (Å²) in [5.74, 6) is 0.264. The van der Waals surface area contributed by atoms with E-state index in [9.17, 15) is 14.3 Å². The number of aliphatic hydroxyl groups is 1. The highest BCUT2D eigenvalue weighted by molar-refractivity contribution is 7.10. The third-order valence-corrected chi connectivity index (χ3v) is 6.54. The molecule has 3 rings (SSSR count). The smallest absolute Gasteiger partial charge is 0.237 e. The van der Waals surface area contributed by atoms with Crippen LogP contribution in [0.15, 0.2) is 35.7 Å². The van der Waals surface area contributed by atoms with E-state index < -0.39 is 6.10 Å². The standard InChI is InChI=1S/C23H31FN2O4S/c1-3-18(27)14-25(11-12-29-2)15-23(28)26-10-8-22-20(9-13-31-22)21(26)16-30-19-6-4-17(24)5-7-19/h4-7,9,13,18,21,27H,3,8,10-12,14-16H2,1-2H3/t18-,21-/m0/s1. The van der Waals surface area contributed by atoms with Crippen molar-refractivity contribution in [2.45, 2.75) is 31.9 Å². The number of carbonyl (C=O) groups excluding carboxylic acids is 1. The van der Waals surface area contributed by atoms with Crippen LogP contribution in [0.2, 0.25) is 0 Å². The van der Waals surface area contributed by atoms with Gasteiger partial charge in [-0.2, -0.15) is 0 Å². The zero-order valence-corrected chi connectivity index (χ0v) is 18.9. The van der Waals surface area contributed by atoms with Gasteiger partial charge in [-0.05, 0) is 54.1 Å². The fourth-order valence-electron chi connectivity index (χ4n) is 3.75. The molecule has 2 aromatic rings. The average molecular weight is 451 g/mol. The average Bonchev–Trinajstić information content (AvgIpc) is 3.25. The molecule has 0 unspecified atom stereocenters. The first-order valence-electron chi connectivity index (χ1n) is 10.6. The number of aliphatic hydroxyl groups excluding tert-OH is 1. The van der Waals surface area contributed by atoms with Crippen molar-refractivity contribution in [3.05, 3.63) is 52.0 Å². The van der Waals surface area contributed by atoms with E-state index in [-0.39, 0.29) is 24.3 Å². The van der Waals surface area contributed by atoms with E-state index in [1.165, 1.54) is 17.0 Å². The Bertz CT molecular complexity index is 829. The lowest BCUT2D eigenvalue weighted by atomic mass is 10.0. The fourth-order valence-corrected chi connectivity index (χ4v) is 4.67. The topological polar surface area (TPSA) is 62.2 Å². The molecule has 0 fully saturated rings. The Labute approximate surface area is 187 Å². The number of rotatable bonds is 11. The van der Waals surface area contributed by atoms with Crippen molar-refractivity contribution in [3.63, 3.8) is 0 Å². The van der Waals surface area contributed by atoms with E-state index in [1.807, 2.05) is 22.1 Å². The molecule has 2 heterocycles. The van der Waals surface area contributed by atoms with E-state index in [2.05, 4.69) is 6.07 Å². The van der Waals surface area contributed by atoms with E-state index >= 15 is 0 Å². The second-order valence-electron chi connectivity index (χ2n) is 7.71. The SMILES string of the molecule is CC[C@H](O)CN(CCOC)CC(=O)N1CCc2sccc2[C@@H]1COc1ccc(F)cc1. The zero-order valence-electron chi connectivity index (χ0n) is 18.1. The molecule has 1 aliphatic heterocycles. The Balaban J connectivity index is 1.71. The molecule has 6 nitrogen and oxygen atoms in total. The van der Waals surface area contributed by atoms with E-state index in [0.29, 0.717) is 45.0 Å². The molecule has 8 heteroatoms. The van der Waals surface area contributed by atoms with Crippen molar-refractivity contribution >= 4 is 17.2 Å². The fraction of sp³-hybridized carbons (Fsp3) is 0.522. The van der Waals surface area contributed by atoms with Gasteiger partial charge in [0.05, 0.1) is 25.3 Å². The number of methoxy groups -OCH3 is 1. The normalized spacial score (nSPS) is 16.9. The van der Waals surface area contributed by atoms with Crippen molar-refractivity contribution in [2.24, 2.45) is 0 Å². The number of hydrogen-bond donors (Lipinski definition) is 1. The number of thiophene rings is 1. The highest BCUT2D eigenvalue weighted by atomic mass is 32.1. The van der Waals surface area contributed by atoms with Gasteiger partial charge in [0.2, 0.25) is 5.91 Å². The molecule has 1 amide bonds. The van der Waals surface area contributed by atoms with Crippen LogP contribution in [-0.2, 0) is 16.0 Å². The van der Waals surface area contributed by atoms with Crippen LogP contribution < -0.4 is 4.74 Å². The number of hydrogen-bond acceptors (Lipinski definition) is 6. The van der Waals surface area contributed by atoms with Crippen LogP contribution in [0.3, 0.4) is 0 Å². The molecule has 0 aliphatic carbocycles. The predicted molar refractivity (Wildman–Crippen MR) is 119 cm³/mol. The first-order valence-corrected chi connectivity index (χ1v) is 11.5. The summed E-state index contributed by atoms with van der Waals surface area (Å²) in [7, 11) is 1.63. The lowest BCUT2D eigenvalue weighted by Crippen LogP contribution is -2.48. The highest BCUT2D eigenvalue weighted by Gasteiger charge is 2.33. The van der Waals surface area contributed by atoms with Crippen LogP contribution in [0.1, 0.15) is 29.8 Å². The molecule has 0 radical (unpaired) electrons. The molecule has 1 N–H and O–H groups in total. The Hall–Kier alpha value is -2.00. The van der Waals surface area contributed by atoms with E-state index in [1.54, 1.807) is 30.6 Å². The maximum Gasteiger partial charge on any atom is 0.237 e. The summed E-state index contributed by atoms with van der Waals surface area (Å²) < 4.78 is 24.3. The number of nitrogens with zero attached hydrogens (tertiary/aromatic N) is 2. The van der Waals surface area contributed by atoms with E-state index in [4.69, 9.17) is 9.47 Å². The molecule has 31 heavy (non-hydrogen) atoms. The highest BCUT2D eigenvalue weighted by Crippen LogP contribution is 2.34. The summed E-state index contributed by atoms with van der Waals surface area (Å²) >= 11 is 1.70. The van der Waals surface area contributed by atoms with Crippen LogP contribution in [0.5, 0.6) is 5.75 Å². The number of halogens is 1. The summed E-state index contributed by atoms with van der Waals surface area (Å²) in [4.78, 5) is 18.4. The minimum Gasteiger partial charge on any atom is -0.491 e. The molecular formula is C23H31FN2O4S. The third-order valence-electron chi connectivity index (χ3n) is 5.55. The summed E-state index contributed by atoms with van der Waals surface area (Å²) in [6.45, 7) is 4.57. The third kappa shape index (κ3) is 6.49. The van der Waals surface area contributed by atoms with Gasteiger partial charge in [-0.15, -0.1) is 11.3 Å². The van der Waals surface area contributed by atoms with Gasteiger partial charge in [-0.3, -0.25) is 9.69 Å². The zero-order chi connectivity index (χ0) is 22.2. The molecule has 0 bridgehead atoms. The molecule has 2 atom stereocenters. The largest absolute Gasteiger partial charge is 0.491 e. The first kappa shape index (κ1) is 23.7. The predicted octanol–water partition coefficient (Wildman–Crippen LogP) is 3.11. The van der Waals surface area contributed by atoms with Crippen molar-refractivity contribution < 1.29 is 23.8 Å². The number of fused-ring (bicyclic) bond motifs is 1. The molecule has 170 valence electrons. The van der Waals surface area contributed by atoms with E-state index in [0.717, 1.165) is 12.0 Å². The van der Waals surface area contributed by atoms with Gasteiger partial charge >= 0.3 is 0 Å². The number of carbonyl (C=O) groups is 1. The van der Waals surface area contributed by atoms with Crippen molar-refractivity contribution in [1.29, 1.82) is 0 Å². The lowest BCUT2D eigenvalue weighted by Gasteiger charge is -2.37. The van der Waals surface area contributed by atoms with Gasteiger partial charge in [0, 0.05) is 31.6 Å². The summed E-state index contributed by atoms with van der Waals surface area (Å²) in [6, 6.07) is 7.77. The summed E-state index contributed by atoms with van der Waals surface area (Å²) in [6.07, 6.45) is 0.974. The molecule has 1 aromatic heterocycles. The Morgan fingerprint density at radius 3 is 2.84 bits per heavy atom. The van der Waals surface area contributed by atoms with Crippen LogP contribution in [-0.4, -0.2) is 73.4 Å². The molecule has 1 aliphatic rings. The quantitative estimate of drug-likeness (QED) is 0.570. The van der Waals surface area contributed by atoms with Crippen molar-refractivity contribution in [2.75, 3.05) is 46.5 Å². The van der Waals surface area contributed by atoms with Gasteiger partial charge in [0.15, 0.2) is 0 Å². The second kappa shape index (κ2) is 11.6. The lowest BCUT2D eigenvalue weighted by molar-refractivity contribution is -0.136. The Morgan fingerprint density at radius 1 is 1.35 bits per heavy atom. The van der Waals surface area contributed by atoms with Crippen molar-refractivity contribution in [3.8, 4) is 5.75 Å². The van der Waals surface area contributed by atoms with Crippen LogP contribution in [0, 0.1) is 5.82 Å². The number of benzene rings is 1. The first-order chi connectivity index (χ1) is 15.0. The Morgan fingerprint density at radius 2 is 2.13 bits per heavy atom. The maximum absolute atomic E-state index is 13.3. The van der Waals surface area contributed by atoms with Crippen LogP contribution in [0.25, 0.3) is 0 Å². The maximum atomic E-state index is 13.3. The summed E-state index contributed by atoms with van der Waals surface area (Å²) in [5.41, 5.74) is 1.11. The van der Waals surface area contributed by atoms with Crippen LogP contribution >= 0.6 is 11.3 Å². The number of amides is 1. The summed E-state index contributed by atoms with van der Waals surface area (Å²) in [5, 5.41) is 12.1. The molecule has 0 saturated heterocycles. The Kier molecular flexibility index (Phi) is 8.83. The minimum atomic E-state index is -0.480. The molecule has 1 aromatic carbocycles. The van der Waals surface area contributed by atoms with Gasteiger partial charge in [0.25, 0.3) is 0 Å². The molecule has 0 spiro atoms. The van der Waals surface area contributed by atoms with Crippen LogP contribution in [0.4, 0.5) is 4.39 Å². The van der Waals surface area contributed by atoms with Gasteiger partial charge < -0.3 is 19.5 Å².